The molecule has 0 radical (unpaired) electrons. The molecule has 0 aromatic rings. The van der Waals surface area contributed by atoms with E-state index < -0.39 is 26.1 Å². The van der Waals surface area contributed by atoms with Gasteiger partial charge >= 0.3 is 7.82 Å². The molecule has 0 aromatic heterocycles. The Kier molecular flexibility index (Phi) is 35.3. The van der Waals surface area contributed by atoms with Crippen LogP contribution >= 0.6 is 7.82 Å². The topological polar surface area (TPSA) is 125 Å². The minimum Gasteiger partial charge on any atom is -0.389 e. The number of phosphoric ester groups is 1. The molecule has 0 bridgehead atoms. The number of likely N-dealkylation sites (N-methyl/N-ethyl adjacent to an activating group) is 1. The van der Waals surface area contributed by atoms with Crippen LogP contribution in [0.25, 0.3) is 0 Å². The monoisotopic (exact) mass is 796 g/mol. The highest BCUT2D eigenvalue weighted by Crippen LogP contribution is 2.43. The summed E-state index contributed by atoms with van der Waals surface area (Å²) in [6.45, 7) is 4.64. The van der Waals surface area contributed by atoms with E-state index in [1.54, 1.807) is 12.2 Å². The molecule has 0 heterocycles. The van der Waals surface area contributed by atoms with Crippen molar-refractivity contribution < 1.29 is 38.0 Å². The van der Waals surface area contributed by atoms with E-state index in [-0.39, 0.29) is 25.5 Å². The van der Waals surface area contributed by atoms with Crippen LogP contribution in [0.3, 0.4) is 0 Å². The van der Waals surface area contributed by atoms with Crippen molar-refractivity contribution in [2.45, 2.75) is 180 Å². The molecule has 55 heavy (non-hydrogen) atoms. The maximum Gasteiger partial charge on any atom is 0.472 e. The van der Waals surface area contributed by atoms with E-state index in [2.05, 4.69) is 25.2 Å². The number of amides is 1. The highest BCUT2D eigenvalue weighted by Gasteiger charge is 2.27. The number of unbranched alkanes of at least 4 members (excludes halogenated alkanes) is 17. The van der Waals surface area contributed by atoms with Crippen molar-refractivity contribution >= 4 is 13.7 Å². The second kappa shape index (κ2) is 36.5. The Morgan fingerprint density at radius 2 is 1.22 bits per heavy atom. The number of nitrogens with one attached hydrogen (secondary N) is 1. The Hall–Kier alpha value is -1.84. The SMILES string of the molecule is CCCCC/C=C\C=C/[C@H](O)C/C=C\C/C=C/CCCC(=O)N[C@@H](COP(=O)(O)OCC[N+](C)(C)C)[C@H](O)/C=C/CCCCCCCCCCCCCCC. The lowest BCUT2D eigenvalue weighted by molar-refractivity contribution is -0.870. The fourth-order valence-electron chi connectivity index (χ4n) is 5.76. The molecule has 1 amide bonds. The summed E-state index contributed by atoms with van der Waals surface area (Å²) >= 11 is 0. The molecule has 0 aliphatic heterocycles. The zero-order valence-electron chi connectivity index (χ0n) is 35.8. The lowest BCUT2D eigenvalue weighted by Crippen LogP contribution is -2.45. The molecular formula is C45H84N2O7P+. The number of quaternary nitrogens is 1. The van der Waals surface area contributed by atoms with Crippen LogP contribution in [0.4, 0.5) is 0 Å². The van der Waals surface area contributed by atoms with Gasteiger partial charge in [-0.05, 0) is 51.4 Å². The zero-order valence-corrected chi connectivity index (χ0v) is 36.7. The summed E-state index contributed by atoms with van der Waals surface area (Å²) in [5, 5.41) is 23.8. The molecule has 0 aromatic carbocycles. The highest BCUT2D eigenvalue weighted by molar-refractivity contribution is 7.47. The summed E-state index contributed by atoms with van der Waals surface area (Å²) in [5.74, 6) is -0.262. The van der Waals surface area contributed by atoms with Gasteiger partial charge in [0.2, 0.25) is 5.91 Å². The van der Waals surface area contributed by atoms with Crippen LogP contribution in [0.2, 0.25) is 0 Å². The van der Waals surface area contributed by atoms with Gasteiger partial charge in [0.1, 0.15) is 13.2 Å². The van der Waals surface area contributed by atoms with Gasteiger partial charge in [-0.2, -0.15) is 0 Å². The molecule has 1 unspecified atom stereocenters. The molecule has 4 N–H and O–H groups in total. The summed E-state index contributed by atoms with van der Waals surface area (Å²) < 4.78 is 23.5. The van der Waals surface area contributed by atoms with Crippen LogP contribution in [-0.4, -0.2) is 84.6 Å². The van der Waals surface area contributed by atoms with E-state index in [9.17, 15) is 24.5 Å². The Bertz CT molecular complexity index is 1100. The van der Waals surface area contributed by atoms with Gasteiger partial charge in [-0.1, -0.05) is 164 Å². The number of carbonyl (C=O) groups is 1. The predicted molar refractivity (Wildman–Crippen MR) is 232 cm³/mol. The Labute approximate surface area is 337 Å². The van der Waals surface area contributed by atoms with Gasteiger partial charge in [0.15, 0.2) is 0 Å². The zero-order chi connectivity index (χ0) is 40.9. The number of rotatable bonds is 38. The Morgan fingerprint density at radius 1 is 0.673 bits per heavy atom. The number of aliphatic hydroxyl groups excluding tert-OH is 2. The summed E-state index contributed by atoms with van der Waals surface area (Å²) in [4.78, 5) is 23.1. The molecule has 10 heteroatoms. The van der Waals surface area contributed by atoms with Gasteiger partial charge in [0.25, 0.3) is 0 Å². The number of hydrogen-bond acceptors (Lipinski definition) is 6. The quantitative estimate of drug-likeness (QED) is 0.0161. The van der Waals surface area contributed by atoms with Gasteiger partial charge in [0.05, 0.1) is 46.0 Å². The first-order valence-electron chi connectivity index (χ1n) is 21.8. The number of allylic oxidation sites excluding steroid dienone is 7. The summed E-state index contributed by atoms with van der Waals surface area (Å²) in [6.07, 6.45) is 43.1. The first kappa shape index (κ1) is 53.2. The van der Waals surface area contributed by atoms with Crippen LogP contribution in [-0.2, 0) is 18.4 Å². The van der Waals surface area contributed by atoms with Crippen molar-refractivity contribution in [3.8, 4) is 0 Å². The second-order valence-corrected chi connectivity index (χ2v) is 17.4. The maximum absolute atomic E-state index is 12.8. The first-order chi connectivity index (χ1) is 26.4. The fourth-order valence-corrected chi connectivity index (χ4v) is 6.49. The van der Waals surface area contributed by atoms with Crippen molar-refractivity contribution in [3.63, 3.8) is 0 Å². The molecule has 0 aliphatic rings. The molecule has 9 nitrogen and oxygen atoms in total. The largest absolute Gasteiger partial charge is 0.472 e. The van der Waals surface area contributed by atoms with Crippen molar-refractivity contribution in [1.82, 2.24) is 5.32 Å². The Balaban J connectivity index is 4.63. The van der Waals surface area contributed by atoms with E-state index in [0.717, 1.165) is 32.1 Å². The molecule has 0 saturated heterocycles. The van der Waals surface area contributed by atoms with E-state index >= 15 is 0 Å². The fraction of sp³-hybridized carbons (Fsp3) is 0.756. The molecule has 4 atom stereocenters. The Morgan fingerprint density at radius 3 is 1.85 bits per heavy atom. The summed E-state index contributed by atoms with van der Waals surface area (Å²) in [5.41, 5.74) is 0. The average molecular weight is 796 g/mol. The first-order valence-corrected chi connectivity index (χ1v) is 23.3. The minimum atomic E-state index is -4.37. The molecule has 320 valence electrons. The lowest BCUT2D eigenvalue weighted by Gasteiger charge is -2.25. The maximum atomic E-state index is 12.8. The van der Waals surface area contributed by atoms with Crippen LogP contribution < -0.4 is 5.32 Å². The van der Waals surface area contributed by atoms with E-state index in [1.807, 2.05) is 63.7 Å². The molecule has 0 aliphatic carbocycles. The molecule has 0 saturated carbocycles. The summed E-state index contributed by atoms with van der Waals surface area (Å²) in [6, 6.07) is -0.898. The lowest BCUT2D eigenvalue weighted by atomic mass is 10.0. The standard InChI is InChI=1S/C45H83N2O7P/c1-6-8-10-12-14-15-16-17-18-19-20-21-25-29-33-37-44(49)43(41-54-55(51,52)53-40-39-47(3,4)5)46-45(50)38-34-30-26-22-24-28-32-36-42(48)35-31-27-23-13-11-9-7-2/h22-23,26-28,31-33,35,37,42-44,48-49H,6-21,24-25,29-30,34,36,38-41H2,1-5H3,(H-,46,50,51,52)/p+1/b26-22+,27-23-,32-28-,35-31-,37-33+/t42-,43-,44+/m0/s1. The van der Waals surface area contributed by atoms with Crippen molar-refractivity contribution in [1.29, 1.82) is 0 Å². The van der Waals surface area contributed by atoms with Crippen molar-refractivity contribution in [2.24, 2.45) is 0 Å². The molecule has 0 spiro atoms. The van der Waals surface area contributed by atoms with Gasteiger partial charge < -0.3 is 24.9 Å². The van der Waals surface area contributed by atoms with Gasteiger partial charge in [-0.3, -0.25) is 13.8 Å². The highest BCUT2D eigenvalue weighted by atomic mass is 31.2. The van der Waals surface area contributed by atoms with Crippen LogP contribution in [0.1, 0.15) is 162 Å². The van der Waals surface area contributed by atoms with Crippen LogP contribution in [0, 0.1) is 0 Å². The third-order valence-electron chi connectivity index (χ3n) is 9.31. The number of carbonyl (C=O) groups excluding carboxylic acids is 1. The van der Waals surface area contributed by atoms with Crippen LogP contribution in [0.15, 0.2) is 60.8 Å². The molecule has 0 rings (SSSR count). The number of hydrogen-bond donors (Lipinski definition) is 4. The second-order valence-electron chi connectivity index (χ2n) is 15.9. The third-order valence-corrected chi connectivity index (χ3v) is 10.3. The minimum absolute atomic E-state index is 0.0373. The molecular weight excluding hydrogens is 711 g/mol. The van der Waals surface area contributed by atoms with E-state index in [4.69, 9.17) is 9.05 Å². The summed E-state index contributed by atoms with van der Waals surface area (Å²) in [7, 11) is 1.49. The predicted octanol–water partition coefficient (Wildman–Crippen LogP) is 10.8. The van der Waals surface area contributed by atoms with Gasteiger partial charge in [-0.25, -0.2) is 4.57 Å². The molecule has 0 fully saturated rings. The number of aliphatic hydroxyl groups is 2. The van der Waals surface area contributed by atoms with Crippen molar-refractivity contribution in [2.75, 3.05) is 40.9 Å². The van der Waals surface area contributed by atoms with Crippen molar-refractivity contribution in [3.05, 3.63) is 60.8 Å². The normalized spacial score (nSPS) is 15.6. The number of nitrogens with zero attached hydrogens (tertiary/aromatic N) is 1. The van der Waals surface area contributed by atoms with Gasteiger partial charge in [-0.15, -0.1) is 0 Å². The van der Waals surface area contributed by atoms with Crippen LogP contribution in [0.5, 0.6) is 0 Å². The smallest absolute Gasteiger partial charge is 0.389 e. The average Bonchev–Trinajstić information content (AvgIpc) is 3.13. The van der Waals surface area contributed by atoms with E-state index in [1.165, 1.54) is 89.9 Å². The van der Waals surface area contributed by atoms with E-state index in [0.29, 0.717) is 30.3 Å². The third kappa shape index (κ3) is 38.8. The van der Waals surface area contributed by atoms with Gasteiger partial charge in [0, 0.05) is 6.42 Å². The number of phosphoric acid groups is 1.